The van der Waals surface area contributed by atoms with E-state index in [1.165, 1.54) is 6.20 Å². The molecule has 0 unspecified atom stereocenters. The molecule has 2 rings (SSSR count). The second-order valence-corrected chi connectivity index (χ2v) is 5.99. The number of nitrogens with zero attached hydrogens (tertiary/aromatic N) is 2. The highest BCUT2D eigenvalue weighted by Gasteiger charge is 2.15. The van der Waals surface area contributed by atoms with Gasteiger partial charge in [-0.25, -0.2) is 4.68 Å². The van der Waals surface area contributed by atoms with Gasteiger partial charge in [-0.15, -0.1) is 0 Å². The second kappa shape index (κ2) is 7.62. The van der Waals surface area contributed by atoms with Gasteiger partial charge in [0, 0.05) is 0 Å². The molecule has 2 aromatic rings. The van der Waals surface area contributed by atoms with Crippen molar-refractivity contribution in [1.82, 2.24) is 15.1 Å². The van der Waals surface area contributed by atoms with Crippen LogP contribution in [0.1, 0.15) is 30.5 Å². The Morgan fingerprint density at radius 2 is 1.96 bits per heavy atom. The number of hydrogen-bond acceptors (Lipinski definition) is 3. The molecular formula is C16H17Cl2N3O2. The Bertz CT molecular complexity index is 757. The molecule has 1 aromatic heterocycles. The number of hydrogen-bond donors (Lipinski definition) is 1. The fourth-order valence-electron chi connectivity index (χ4n) is 2.15. The molecule has 0 saturated carbocycles. The van der Waals surface area contributed by atoms with E-state index >= 15 is 0 Å². The van der Waals surface area contributed by atoms with Crippen LogP contribution in [0.2, 0.25) is 10.0 Å². The highest BCUT2D eigenvalue weighted by atomic mass is 35.5. The van der Waals surface area contributed by atoms with Crippen molar-refractivity contribution in [1.29, 1.82) is 0 Å². The molecule has 1 N–H and O–H groups in total. The van der Waals surface area contributed by atoms with Crippen LogP contribution in [0.3, 0.4) is 0 Å². The van der Waals surface area contributed by atoms with Gasteiger partial charge < -0.3 is 5.32 Å². The fraction of sp³-hybridized carbons (Fsp3) is 0.312. The number of carbonyl (C=O) groups is 1. The van der Waals surface area contributed by atoms with E-state index in [9.17, 15) is 9.59 Å². The first-order valence-electron chi connectivity index (χ1n) is 7.19. The minimum atomic E-state index is -0.585. The molecule has 0 spiro atoms. The molecule has 0 fully saturated rings. The summed E-state index contributed by atoms with van der Waals surface area (Å²) in [6.07, 6.45) is 1.98. The van der Waals surface area contributed by atoms with Crippen molar-refractivity contribution in [3.8, 4) is 0 Å². The lowest BCUT2D eigenvalue weighted by molar-refractivity contribution is -0.122. The Kier molecular flexibility index (Phi) is 5.80. The zero-order valence-electron chi connectivity index (χ0n) is 12.8. The Morgan fingerprint density at radius 3 is 2.57 bits per heavy atom. The highest BCUT2D eigenvalue weighted by molar-refractivity contribution is 6.41. The molecule has 7 heteroatoms. The van der Waals surface area contributed by atoms with Crippen LogP contribution in [0.25, 0.3) is 0 Å². The van der Waals surface area contributed by atoms with E-state index in [4.69, 9.17) is 23.2 Å². The predicted octanol–water partition coefficient (Wildman–Crippen LogP) is 3.13. The molecule has 5 nitrogen and oxygen atoms in total. The number of halogens is 2. The Labute approximate surface area is 144 Å². The first kappa shape index (κ1) is 17.5. The van der Waals surface area contributed by atoms with E-state index in [0.29, 0.717) is 0 Å². The van der Waals surface area contributed by atoms with Gasteiger partial charge in [-0.2, -0.15) is 5.10 Å². The summed E-state index contributed by atoms with van der Waals surface area (Å²) in [5.41, 5.74) is 1.58. The van der Waals surface area contributed by atoms with E-state index in [0.717, 1.165) is 22.2 Å². The maximum Gasteiger partial charge on any atom is 0.287 e. The minimum absolute atomic E-state index is 0.0689. The van der Waals surface area contributed by atoms with E-state index < -0.39 is 5.56 Å². The molecule has 0 aliphatic carbocycles. The smallest absolute Gasteiger partial charge is 0.287 e. The number of benzene rings is 1. The third kappa shape index (κ3) is 4.33. The van der Waals surface area contributed by atoms with E-state index in [2.05, 4.69) is 10.4 Å². The number of nitrogens with one attached hydrogen (secondary N) is 1. The van der Waals surface area contributed by atoms with Crippen molar-refractivity contribution < 1.29 is 4.79 Å². The van der Waals surface area contributed by atoms with E-state index in [-0.39, 0.29) is 28.5 Å². The summed E-state index contributed by atoms with van der Waals surface area (Å²) in [5, 5.41) is 6.65. The van der Waals surface area contributed by atoms with Gasteiger partial charge in [0.05, 0.1) is 17.3 Å². The molecule has 1 amide bonds. The standard InChI is InChI=1S/C16H17Cl2N3O2/c1-3-13(11-6-4-10(2)5-7-11)20-14(22)9-21-16(23)15(18)12(17)8-19-21/h4-8,13H,3,9H2,1-2H3,(H,20,22)/t13-/m0/s1. The van der Waals surface area contributed by atoms with Crippen LogP contribution in [0.4, 0.5) is 0 Å². The van der Waals surface area contributed by atoms with Crippen molar-refractivity contribution in [2.24, 2.45) is 0 Å². The van der Waals surface area contributed by atoms with Gasteiger partial charge in [-0.1, -0.05) is 60.0 Å². The molecule has 0 bridgehead atoms. The average molecular weight is 354 g/mol. The van der Waals surface area contributed by atoms with Gasteiger partial charge in [0.2, 0.25) is 5.91 Å². The molecule has 1 atom stereocenters. The van der Waals surface area contributed by atoms with Crippen LogP contribution in [0.15, 0.2) is 35.3 Å². The van der Waals surface area contributed by atoms with Crippen LogP contribution < -0.4 is 10.9 Å². The summed E-state index contributed by atoms with van der Waals surface area (Å²) in [4.78, 5) is 24.1. The van der Waals surface area contributed by atoms with Gasteiger partial charge in [-0.3, -0.25) is 9.59 Å². The number of amides is 1. The summed E-state index contributed by atoms with van der Waals surface area (Å²) in [6, 6.07) is 7.83. The number of rotatable bonds is 5. The number of aromatic nitrogens is 2. The van der Waals surface area contributed by atoms with Crippen molar-refractivity contribution in [3.63, 3.8) is 0 Å². The topological polar surface area (TPSA) is 64.0 Å². The van der Waals surface area contributed by atoms with Crippen molar-refractivity contribution >= 4 is 29.1 Å². The summed E-state index contributed by atoms with van der Waals surface area (Å²) in [6.45, 7) is 3.78. The first-order valence-corrected chi connectivity index (χ1v) is 7.95. The summed E-state index contributed by atoms with van der Waals surface area (Å²) in [5.74, 6) is -0.314. The lowest BCUT2D eigenvalue weighted by Gasteiger charge is -2.18. The molecule has 0 aliphatic heterocycles. The van der Waals surface area contributed by atoms with Crippen molar-refractivity contribution in [2.75, 3.05) is 0 Å². The zero-order chi connectivity index (χ0) is 17.0. The van der Waals surface area contributed by atoms with Crippen LogP contribution in [0, 0.1) is 6.92 Å². The molecule has 23 heavy (non-hydrogen) atoms. The zero-order valence-corrected chi connectivity index (χ0v) is 14.4. The Balaban J connectivity index is 2.10. The predicted molar refractivity (Wildman–Crippen MR) is 90.9 cm³/mol. The van der Waals surface area contributed by atoms with Gasteiger partial charge in [0.1, 0.15) is 11.6 Å². The van der Waals surface area contributed by atoms with Crippen LogP contribution in [-0.2, 0) is 11.3 Å². The SMILES string of the molecule is CC[C@H](NC(=O)Cn1ncc(Cl)c(Cl)c1=O)c1ccc(C)cc1. The molecule has 1 heterocycles. The Morgan fingerprint density at radius 1 is 1.30 bits per heavy atom. The largest absolute Gasteiger partial charge is 0.348 e. The quantitative estimate of drug-likeness (QED) is 0.897. The molecule has 1 aromatic carbocycles. The molecular weight excluding hydrogens is 337 g/mol. The number of carbonyl (C=O) groups excluding carboxylic acids is 1. The second-order valence-electron chi connectivity index (χ2n) is 5.21. The Hall–Kier alpha value is -1.85. The average Bonchev–Trinajstić information content (AvgIpc) is 2.54. The van der Waals surface area contributed by atoms with E-state index in [1.54, 1.807) is 0 Å². The van der Waals surface area contributed by atoms with Gasteiger partial charge in [-0.05, 0) is 18.9 Å². The maximum atomic E-state index is 12.2. The first-order chi connectivity index (χ1) is 10.9. The monoisotopic (exact) mass is 353 g/mol. The fourth-order valence-corrected chi connectivity index (χ4v) is 2.42. The molecule has 0 aliphatic rings. The van der Waals surface area contributed by atoms with Crippen LogP contribution >= 0.6 is 23.2 Å². The normalized spacial score (nSPS) is 12.0. The lowest BCUT2D eigenvalue weighted by Crippen LogP contribution is -2.35. The summed E-state index contributed by atoms with van der Waals surface area (Å²) < 4.78 is 0.991. The lowest BCUT2D eigenvalue weighted by atomic mass is 10.0. The molecule has 122 valence electrons. The van der Waals surface area contributed by atoms with Gasteiger partial charge in [0.15, 0.2) is 0 Å². The molecule has 0 saturated heterocycles. The highest BCUT2D eigenvalue weighted by Crippen LogP contribution is 2.17. The molecule has 0 radical (unpaired) electrons. The maximum absolute atomic E-state index is 12.2. The number of aryl methyl sites for hydroxylation is 1. The van der Waals surface area contributed by atoms with Gasteiger partial charge in [0.25, 0.3) is 5.56 Å². The van der Waals surface area contributed by atoms with Crippen molar-refractivity contribution in [3.05, 3.63) is 62.0 Å². The van der Waals surface area contributed by atoms with Crippen LogP contribution in [-0.4, -0.2) is 15.7 Å². The van der Waals surface area contributed by atoms with E-state index in [1.807, 2.05) is 38.1 Å². The summed E-state index contributed by atoms with van der Waals surface area (Å²) in [7, 11) is 0. The summed E-state index contributed by atoms with van der Waals surface area (Å²) >= 11 is 11.5. The van der Waals surface area contributed by atoms with Crippen molar-refractivity contribution in [2.45, 2.75) is 32.9 Å². The van der Waals surface area contributed by atoms with Crippen LogP contribution in [0.5, 0.6) is 0 Å². The third-order valence-corrected chi connectivity index (χ3v) is 4.21. The third-order valence-electron chi connectivity index (χ3n) is 3.46. The minimum Gasteiger partial charge on any atom is -0.348 e. The van der Waals surface area contributed by atoms with Gasteiger partial charge >= 0.3 is 0 Å².